The summed E-state index contributed by atoms with van der Waals surface area (Å²) in [5, 5.41) is 13.0. The summed E-state index contributed by atoms with van der Waals surface area (Å²) in [5.41, 5.74) is 1.26. The van der Waals surface area contributed by atoms with Crippen LogP contribution in [0.1, 0.15) is 35.1 Å². The van der Waals surface area contributed by atoms with Gasteiger partial charge >= 0.3 is 0 Å². The van der Waals surface area contributed by atoms with Crippen molar-refractivity contribution < 1.29 is 4.79 Å². The van der Waals surface area contributed by atoms with Crippen LogP contribution in [-0.4, -0.2) is 20.7 Å². The van der Waals surface area contributed by atoms with Gasteiger partial charge in [0.15, 0.2) is 0 Å². The molecule has 1 N–H and O–H groups in total. The van der Waals surface area contributed by atoms with E-state index >= 15 is 0 Å². The number of rotatable bonds is 5. The third kappa shape index (κ3) is 3.49. The van der Waals surface area contributed by atoms with E-state index in [-0.39, 0.29) is 17.9 Å². The van der Waals surface area contributed by atoms with Gasteiger partial charge in [0.25, 0.3) is 5.91 Å². The molecule has 0 bridgehead atoms. The molecule has 1 aromatic carbocycles. The monoisotopic (exact) mass is 360 g/mol. The second-order valence-corrected chi connectivity index (χ2v) is 7.13. The Bertz CT molecular complexity index is 815. The molecule has 3 rings (SSSR count). The number of nitrogens with zero attached hydrogens (tertiary/aromatic N) is 3. The minimum absolute atomic E-state index is 0.0360. The van der Waals surface area contributed by atoms with Gasteiger partial charge in [0, 0.05) is 10.6 Å². The molecule has 0 unspecified atom stereocenters. The molecule has 5 nitrogen and oxygen atoms in total. The number of thiophene rings is 1. The third-order valence-corrected chi connectivity index (χ3v) is 4.99. The molecule has 7 heteroatoms. The van der Waals surface area contributed by atoms with Gasteiger partial charge in [-0.25, -0.2) is 0 Å². The molecule has 1 amide bonds. The van der Waals surface area contributed by atoms with Gasteiger partial charge in [0.05, 0.1) is 16.6 Å². The summed E-state index contributed by atoms with van der Waals surface area (Å²) in [7, 11) is 0. The Kier molecular flexibility index (Phi) is 4.97. The zero-order valence-electron chi connectivity index (χ0n) is 13.3. The number of hydrogen-bond donors (Lipinski definition) is 1. The largest absolute Gasteiger partial charge is 0.344 e. The predicted molar refractivity (Wildman–Crippen MR) is 95.7 cm³/mol. The summed E-state index contributed by atoms with van der Waals surface area (Å²) in [4.78, 5) is 13.8. The predicted octanol–water partition coefficient (Wildman–Crippen LogP) is 4.11. The lowest BCUT2D eigenvalue weighted by Crippen LogP contribution is -2.31. The summed E-state index contributed by atoms with van der Waals surface area (Å²) in [6.07, 6.45) is 3.16. The molecular weight excluding hydrogens is 344 g/mol. The highest BCUT2D eigenvalue weighted by molar-refractivity contribution is 7.10. The Morgan fingerprint density at radius 1 is 1.25 bits per heavy atom. The molecule has 0 saturated heterocycles. The van der Waals surface area contributed by atoms with Crippen molar-refractivity contribution in [1.29, 1.82) is 0 Å². The Morgan fingerprint density at radius 3 is 2.58 bits per heavy atom. The van der Waals surface area contributed by atoms with E-state index in [1.807, 2.05) is 23.6 Å². The second kappa shape index (κ2) is 7.15. The highest BCUT2D eigenvalue weighted by atomic mass is 35.5. The van der Waals surface area contributed by atoms with Crippen LogP contribution in [0, 0.1) is 5.92 Å². The van der Waals surface area contributed by atoms with Gasteiger partial charge in [-0.2, -0.15) is 0 Å². The van der Waals surface area contributed by atoms with Crippen molar-refractivity contribution in [2.45, 2.75) is 19.9 Å². The molecule has 124 valence electrons. The van der Waals surface area contributed by atoms with Gasteiger partial charge in [-0.3, -0.25) is 9.36 Å². The van der Waals surface area contributed by atoms with E-state index in [1.54, 1.807) is 40.7 Å². The average molecular weight is 361 g/mol. The van der Waals surface area contributed by atoms with Crippen LogP contribution in [0.3, 0.4) is 0 Å². The number of nitrogens with one attached hydrogen (secondary N) is 1. The lowest BCUT2D eigenvalue weighted by atomic mass is 10.0. The molecule has 0 aliphatic rings. The first-order valence-electron chi connectivity index (χ1n) is 7.55. The Balaban J connectivity index is 1.82. The van der Waals surface area contributed by atoms with Crippen LogP contribution in [0.25, 0.3) is 5.69 Å². The van der Waals surface area contributed by atoms with Crippen molar-refractivity contribution in [3.8, 4) is 5.69 Å². The molecule has 2 heterocycles. The molecule has 2 aromatic heterocycles. The summed E-state index contributed by atoms with van der Waals surface area (Å²) in [6, 6.07) is 9.26. The molecule has 0 aliphatic carbocycles. The number of aromatic nitrogens is 3. The zero-order valence-corrected chi connectivity index (χ0v) is 14.9. The van der Waals surface area contributed by atoms with Crippen molar-refractivity contribution >= 4 is 28.8 Å². The number of hydrogen-bond acceptors (Lipinski definition) is 4. The lowest BCUT2D eigenvalue weighted by molar-refractivity contribution is 0.0926. The van der Waals surface area contributed by atoms with E-state index in [1.165, 1.54) is 0 Å². The molecule has 0 aliphatic heterocycles. The highest BCUT2D eigenvalue weighted by Crippen LogP contribution is 2.27. The first-order valence-corrected chi connectivity index (χ1v) is 8.81. The first kappa shape index (κ1) is 16.7. The van der Waals surface area contributed by atoms with E-state index in [0.717, 1.165) is 10.6 Å². The van der Waals surface area contributed by atoms with Gasteiger partial charge < -0.3 is 5.32 Å². The van der Waals surface area contributed by atoms with Gasteiger partial charge in [-0.15, -0.1) is 21.5 Å². The molecule has 0 fully saturated rings. The fourth-order valence-electron chi connectivity index (χ4n) is 2.44. The van der Waals surface area contributed by atoms with Crippen LogP contribution < -0.4 is 5.32 Å². The van der Waals surface area contributed by atoms with Gasteiger partial charge in [0.2, 0.25) is 0 Å². The smallest absolute Gasteiger partial charge is 0.253 e. The molecule has 1 atom stereocenters. The Morgan fingerprint density at radius 2 is 2.00 bits per heavy atom. The van der Waals surface area contributed by atoms with Crippen molar-refractivity contribution in [2.75, 3.05) is 0 Å². The number of carbonyl (C=O) groups excluding carboxylic acids is 1. The minimum atomic E-state index is -0.178. The van der Waals surface area contributed by atoms with E-state index in [9.17, 15) is 4.79 Å². The van der Waals surface area contributed by atoms with Gasteiger partial charge in [-0.1, -0.05) is 31.5 Å². The molecular formula is C17H17ClN4OS. The number of amides is 1. The highest BCUT2D eigenvalue weighted by Gasteiger charge is 2.21. The maximum atomic E-state index is 12.7. The lowest BCUT2D eigenvalue weighted by Gasteiger charge is -2.21. The Labute approximate surface area is 149 Å². The molecule has 0 spiro atoms. The minimum Gasteiger partial charge on any atom is -0.344 e. The topological polar surface area (TPSA) is 59.8 Å². The van der Waals surface area contributed by atoms with E-state index < -0.39 is 0 Å². The maximum Gasteiger partial charge on any atom is 0.253 e. The van der Waals surface area contributed by atoms with Gasteiger partial charge in [0.1, 0.15) is 12.7 Å². The SMILES string of the molecule is CC(C)[C@@H](NC(=O)c1ccc(-n2cnnc2)cc1Cl)c1cccs1. The van der Waals surface area contributed by atoms with E-state index in [2.05, 4.69) is 29.4 Å². The summed E-state index contributed by atoms with van der Waals surface area (Å²) < 4.78 is 1.73. The standard InChI is InChI=1S/C17H17ClN4OS/c1-11(2)16(15-4-3-7-24-15)21-17(23)13-6-5-12(8-14(13)18)22-9-19-20-10-22/h3-11,16H,1-2H3,(H,21,23)/t16-/m1/s1. The van der Waals surface area contributed by atoms with Crippen LogP contribution in [-0.2, 0) is 0 Å². The molecule has 3 aromatic rings. The summed E-state index contributed by atoms with van der Waals surface area (Å²) >= 11 is 7.95. The normalized spacial score (nSPS) is 12.3. The molecule has 0 saturated carbocycles. The van der Waals surface area contributed by atoms with E-state index in [4.69, 9.17) is 11.6 Å². The second-order valence-electron chi connectivity index (χ2n) is 5.74. The first-order chi connectivity index (χ1) is 11.6. The third-order valence-electron chi connectivity index (χ3n) is 3.72. The molecule has 0 radical (unpaired) electrons. The van der Waals surface area contributed by atoms with Crippen molar-refractivity contribution in [3.63, 3.8) is 0 Å². The quantitative estimate of drug-likeness (QED) is 0.744. The van der Waals surface area contributed by atoms with Crippen LogP contribution >= 0.6 is 22.9 Å². The van der Waals surface area contributed by atoms with Crippen LogP contribution in [0.5, 0.6) is 0 Å². The van der Waals surface area contributed by atoms with Crippen LogP contribution in [0.15, 0.2) is 48.4 Å². The average Bonchev–Trinajstić information content (AvgIpc) is 3.25. The summed E-state index contributed by atoms with van der Waals surface area (Å²) in [6.45, 7) is 4.17. The van der Waals surface area contributed by atoms with Gasteiger partial charge in [-0.05, 0) is 35.6 Å². The van der Waals surface area contributed by atoms with Crippen molar-refractivity contribution in [3.05, 3.63) is 63.8 Å². The number of benzene rings is 1. The van der Waals surface area contributed by atoms with Crippen molar-refractivity contribution in [1.82, 2.24) is 20.1 Å². The Hall–Kier alpha value is -2.18. The number of halogens is 1. The van der Waals surface area contributed by atoms with Crippen LogP contribution in [0.2, 0.25) is 5.02 Å². The summed E-state index contributed by atoms with van der Waals surface area (Å²) in [5.74, 6) is 0.102. The van der Waals surface area contributed by atoms with Crippen molar-refractivity contribution in [2.24, 2.45) is 5.92 Å². The fraction of sp³-hybridized carbons (Fsp3) is 0.235. The maximum absolute atomic E-state index is 12.7. The fourth-order valence-corrected chi connectivity index (χ4v) is 3.65. The molecule has 24 heavy (non-hydrogen) atoms. The zero-order chi connectivity index (χ0) is 17.1. The van der Waals surface area contributed by atoms with E-state index in [0.29, 0.717) is 10.6 Å². The number of carbonyl (C=O) groups is 1. The van der Waals surface area contributed by atoms with Crippen LogP contribution in [0.4, 0.5) is 0 Å².